The highest BCUT2D eigenvalue weighted by molar-refractivity contribution is 6.35. The summed E-state index contributed by atoms with van der Waals surface area (Å²) in [6, 6.07) is 4.74. The predicted octanol–water partition coefficient (Wildman–Crippen LogP) is 4.61. The molecule has 140 valence electrons. The van der Waals surface area contributed by atoms with Crippen molar-refractivity contribution in [1.82, 2.24) is 14.5 Å². The van der Waals surface area contributed by atoms with Gasteiger partial charge in [-0.25, -0.2) is 9.78 Å². The molecule has 0 unspecified atom stereocenters. The molecule has 1 heterocycles. The molecule has 0 radical (unpaired) electrons. The summed E-state index contributed by atoms with van der Waals surface area (Å²) >= 11 is 6.25. The lowest BCUT2D eigenvalue weighted by Crippen LogP contribution is -2.48. The molecule has 2 aromatic rings. The molecule has 3 rings (SSSR count). The second-order valence-electron chi connectivity index (χ2n) is 7.76. The average molecular weight is 378 g/mol. The maximum Gasteiger partial charge on any atom is 0.408 e. The molecule has 1 fully saturated rings. The lowest BCUT2D eigenvalue weighted by atomic mass is 10.0. The third kappa shape index (κ3) is 3.18. The molecule has 1 amide bonds. The fourth-order valence-electron chi connectivity index (χ4n) is 3.51. The van der Waals surface area contributed by atoms with Crippen molar-refractivity contribution in [3.8, 4) is 0 Å². The van der Waals surface area contributed by atoms with Crippen LogP contribution in [0.5, 0.6) is 0 Å². The van der Waals surface area contributed by atoms with Crippen molar-refractivity contribution in [3.63, 3.8) is 0 Å². The van der Waals surface area contributed by atoms with Crippen LogP contribution in [-0.2, 0) is 0 Å². The summed E-state index contributed by atoms with van der Waals surface area (Å²) in [5.74, 6) is 0.507. The number of carbonyl (C=O) groups is 1. The highest BCUT2D eigenvalue weighted by Crippen LogP contribution is 2.39. The molecular weight excluding hydrogens is 354 g/mol. The van der Waals surface area contributed by atoms with Gasteiger partial charge in [-0.15, -0.1) is 0 Å². The predicted molar refractivity (Wildman–Crippen MR) is 102 cm³/mol. The summed E-state index contributed by atoms with van der Waals surface area (Å²) in [5, 5.41) is 10.6. The first kappa shape index (κ1) is 18.7. The van der Waals surface area contributed by atoms with E-state index in [2.05, 4.69) is 0 Å². The summed E-state index contributed by atoms with van der Waals surface area (Å²) in [6.07, 6.45) is 1.29. The van der Waals surface area contributed by atoms with Gasteiger partial charge in [-0.05, 0) is 52.2 Å². The van der Waals surface area contributed by atoms with Gasteiger partial charge < -0.3 is 5.11 Å². The fourth-order valence-corrected chi connectivity index (χ4v) is 3.76. The summed E-state index contributed by atoms with van der Waals surface area (Å²) in [7, 11) is 0. The average Bonchev–Trinajstić information content (AvgIpc) is 3.35. The van der Waals surface area contributed by atoms with Crippen molar-refractivity contribution in [2.75, 3.05) is 0 Å². The van der Waals surface area contributed by atoms with Crippen molar-refractivity contribution in [2.45, 2.75) is 64.6 Å². The van der Waals surface area contributed by atoms with Gasteiger partial charge in [0, 0.05) is 11.6 Å². The first-order chi connectivity index (χ1) is 12.2. The van der Waals surface area contributed by atoms with Crippen molar-refractivity contribution in [2.24, 2.45) is 0 Å². The maximum atomic E-state index is 13.2. The number of benzene rings is 1. The lowest BCUT2D eigenvalue weighted by molar-refractivity contribution is 0.0637. The minimum absolute atomic E-state index is 0.0651. The lowest BCUT2D eigenvalue weighted by Gasteiger charge is -2.39. The van der Waals surface area contributed by atoms with Gasteiger partial charge in [-0.2, -0.15) is 0 Å². The van der Waals surface area contributed by atoms with Crippen molar-refractivity contribution in [1.29, 1.82) is 0 Å². The molecule has 7 heteroatoms. The monoisotopic (exact) mass is 377 g/mol. The van der Waals surface area contributed by atoms with Gasteiger partial charge in [0.1, 0.15) is 5.82 Å². The molecule has 0 spiro atoms. The maximum absolute atomic E-state index is 13.2. The topological polar surface area (TPSA) is 75.4 Å². The standard InChI is InChI=1S/C19H24ClN3O3/c1-5-14(23(18(25)26)19(2,3)4)16-21-13-8-6-7-12(20)15(13)17(24)22(16)11-9-10-11/h6-8,11,14H,5,9-10H2,1-4H3,(H,25,26)/t14-/m0/s1. The Labute approximate surface area is 157 Å². The molecule has 6 nitrogen and oxygen atoms in total. The van der Waals surface area contributed by atoms with E-state index in [4.69, 9.17) is 16.6 Å². The van der Waals surface area contributed by atoms with Gasteiger partial charge in [-0.1, -0.05) is 24.6 Å². The third-order valence-corrected chi connectivity index (χ3v) is 5.06. The van der Waals surface area contributed by atoms with Crippen molar-refractivity contribution < 1.29 is 9.90 Å². The smallest absolute Gasteiger partial charge is 0.408 e. The van der Waals surface area contributed by atoms with Crippen LogP contribution < -0.4 is 5.56 Å². The number of nitrogens with zero attached hydrogens (tertiary/aromatic N) is 3. The number of hydrogen-bond donors (Lipinski definition) is 1. The zero-order chi connectivity index (χ0) is 19.2. The minimum Gasteiger partial charge on any atom is -0.465 e. The molecule has 0 saturated heterocycles. The van der Waals surface area contributed by atoms with Gasteiger partial charge in [0.25, 0.3) is 5.56 Å². The zero-order valence-electron chi connectivity index (χ0n) is 15.5. The van der Waals surface area contributed by atoms with E-state index in [1.807, 2.05) is 27.7 Å². The summed E-state index contributed by atoms with van der Waals surface area (Å²) in [6.45, 7) is 7.46. The van der Waals surface area contributed by atoms with Crippen molar-refractivity contribution >= 4 is 28.6 Å². The summed E-state index contributed by atoms with van der Waals surface area (Å²) < 4.78 is 1.67. The molecule has 26 heavy (non-hydrogen) atoms. The highest BCUT2D eigenvalue weighted by Gasteiger charge is 2.38. The Balaban J connectivity index is 2.30. The van der Waals surface area contributed by atoms with Crippen LogP contribution in [0.25, 0.3) is 10.9 Å². The second-order valence-corrected chi connectivity index (χ2v) is 8.16. The molecule has 1 atom stereocenters. The molecular formula is C19H24ClN3O3. The Kier molecular flexibility index (Phi) is 4.73. The van der Waals surface area contributed by atoms with Gasteiger partial charge in [-0.3, -0.25) is 14.3 Å². The van der Waals surface area contributed by atoms with Gasteiger partial charge in [0.15, 0.2) is 0 Å². The quantitative estimate of drug-likeness (QED) is 0.843. The SMILES string of the molecule is CC[C@@H](c1nc2cccc(Cl)c2c(=O)n1C1CC1)N(C(=O)O)C(C)(C)C. The van der Waals surface area contributed by atoms with E-state index in [0.717, 1.165) is 12.8 Å². The molecule has 0 bridgehead atoms. The van der Waals surface area contributed by atoms with Crippen LogP contribution in [0.4, 0.5) is 4.79 Å². The van der Waals surface area contributed by atoms with E-state index in [1.54, 1.807) is 22.8 Å². The Morgan fingerprint density at radius 1 is 1.42 bits per heavy atom. The number of hydrogen-bond acceptors (Lipinski definition) is 3. The number of fused-ring (bicyclic) bond motifs is 1. The Hall–Kier alpha value is -2.08. The van der Waals surface area contributed by atoms with Crippen LogP contribution in [0.1, 0.15) is 64.9 Å². The third-order valence-electron chi connectivity index (χ3n) is 4.74. The molecule has 1 aromatic carbocycles. The van der Waals surface area contributed by atoms with Crippen LogP contribution >= 0.6 is 11.6 Å². The van der Waals surface area contributed by atoms with Gasteiger partial charge in [0.05, 0.1) is 22.0 Å². The van der Waals surface area contributed by atoms with E-state index >= 15 is 0 Å². The van der Waals surface area contributed by atoms with E-state index in [0.29, 0.717) is 28.2 Å². The van der Waals surface area contributed by atoms with Gasteiger partial charge >= 0.3 is 6.09 Å². The van der Waals surface area contributed by atoms with E-state index in [9.17, 15) is 14.7 Å². The first-order valence-corrected chi connectivity index (χ1v) is 9.27. The van der Waals surface area contributed by atoms with Crippen LogP contribution in [0, 0.1) is 0 Å². The molecule has 0 aliphatic heterocycles. The number of carboxylic acid groups (broad SMARTS) is 1. The van der Waals surface area contributed by atoms with Crippen LogP contribution in [0.2, 0.25) is 5.02 Å². The van der Waals surface area contributed by atoms with E-state index < -0.39 is 17.7 Å². The molecule has 1 aromatic heterocycles. The molecule has 1 saturated carbocycles. The molecule has 1 aliphatic rings. The number of halogens is 1. The van der Waals surface area contributed by atoms with E-state index in [1.165, 1.54) is 4.90 Å². The highest BCUT2D eigenvalue weighted by atomic mass is 35.5. The van der Waals surface area contributed by atoms with Crippen LogP contribution in [0.3, 0.4) is 0 Å². The fraction of sp³-hybridized carbons (Fsp3) is 0.526. The number of rotatable bonds is 4. The largest absolute Gasteiger partial charge is 0.465 e. The summed E-state index contributed by atoms with van der Waals surface area (Å²) in [4.78, 5) is 31.3. The zero-order valence-corrected chi connectivity index (χ0v) is 16.2. The first-order valence-electron chi connectivity index (χ1n) is 8.89. The van der Waals surface area contributed by atoms with Crippen molar-refractivity contribution in [3.05, 3.63) is 39.4 Å². The molecule has 1 N–H and O–H groups in total. The Bertz CT molecular complexity index is 913. The number of amides is 1. The normalized spacial score (nSPS) is 15.9. The Morgan fingerprint density at radius 3 is 2.58 bits per heavy atom. The van der Waals surface area contributed by atoms with Crippen LogP contribution in [-0.4, -0.2) is 31.2 Å². The Morgan fingerprint density at radius 2 is 2.08 bits per heavy atom. The van der Waals surface area contributed by atoms with Crippen LogP contribution in [0.15, 0.2) is 23.0 Å². The second kappa shape index (κ2) is 6.58. The summed E-state index contributed by atoms with van der Waals surface area (Å²) in [5.41, 5.74) is -0.301. The van der Waals surface area contributed by atoms with E-state index in [-0.39, 0.29) is 11.6 Å². The minimum atomic E-state index is -1.02. The number of aromatic nitrogens is 2. The van der Waals surface area contributed by atoms with Gasteiger partial charge in [0.2, 0.25) is 0 Å². The molecule has 1 aliphatic carbocycles.